The summed E-state index contributed by atoms with van der Waals surface area (Å²) in [7, 11) is 0. The largest absolute Gasteiger partial charge is 0.444 e. The first kappa shape index (κ1) is 28.0. The van der Waals surface area contributed by atoms with Crippen LogP contribution in [0.25, 0.3) is 10.4 Å². The van der Waals surface area contributed by atoms with Crippen LogP contribution in [-0.4, -0.2) is 52.8 Å². The number of hydrogen-bond donors (Lipinski definition) is 0. The highest BCUT2D eigenvalue weighted by Crippen LogP contribution is 2.23. The van der Waals surface area contributed by atoms with E-state index < -0.39 is 34.6 Å². The van der Waals surface area contributed by atoms with Crippen LogP contribution in [-0.2, 0) is 19.0 Å². The van der Waals surface area contributed by atoms with Crippen LogP contribution in [0.2, 0.25) is 0 Å². The highest BCUT2D eigenvalue weighted by Gasteiger charge is 2.37. The maximum atomic E-state index is 12.6. The Balaban J connectivity index is 5.14. The molecule has 0 spiro atoms. The Morgan fingerprint density at radius 2 is 1.30 bits per heavy atom. The highest BCUT2D eigenvalue weighted by atomic mass is 16.8. The van der Waals surface area contributed by atoms with Gasteiger partial charge in [0.1, 0.15) is 11.2 Å². The number of azide groups is 1. The first-order chi connectivity index (χ1) is 13.4. The molecule has 10 nitrogen and oxygen atoms in total. The molecular weight excluding hydrogens is 392 g/mol. The Morgan fingerprint density at radius 3 is 1.70 bits per heavy atom. The van der Waals surface area contributed by atoms with E-state index in [1.54, 1.807) is 55.4 Å². The van der Waals surface area contributed by atoms with Crippen LogP contribution in [0.5, 0.6) is 0 Å². The van der Waals surface area contributed by atoms with Gasteiger partial charge in [0, 0.05) is 17.9 Å². The zero-order valence-electron chi connectivity index (χ0n) is 20.1. The lowest BCUT2D eigenvalue weighted by Crippen LogP contribution is -2.48. The molecule has 0 aromatic rings. The van der Waals surface area contributed by atoms with Crippen LogP contribution >= 0.6 is 0 Å². The van der Waals surface area contributed by atoms with E-state index >= 15 is 0 Å². The molecule has 0 N–H and O–H groups in total. The summed E-state index contributed by atoms with van der Waals surface area (Å²) in [5.74, 6) is 0. The van der Waals surface area contributed by atoms with Crippen molar-refractivity contribution < 1.29 is 28.6 Å². The van der Waals surface area contributed by atoms with Crippen molar-refractivity contribution in [2.45, 2.75) is 104 Å². The third kappa shape index (κ3) is 13.2. The molecule has 0 rings (SSSR count). The summed E-state index contributed by atoms with van der Waals surface area (Å²) in [6.07, 6.45) is -0.985. The fraction of sp³-hybridized carbons (Fsp3) is 0.900. The standard InChI is InChI=1S/C20H38N4O6/c1-17(2,3)28-15(25)24(16(26)29-18(4,5)6)30-20(9,10)12-14-27-19(7,8)11-13-22-23-21/h11-14H2,1-10H3. The van der Waals surface area contributed by atoms with Crippen molar-refractivity contribution in [3.63, 3.8) is 0 Å². The average Bonchev–Trinajstić information content (AvgIpc) is 2.48. The molecule has 0 atom stereocenters. The van der Waals surface area contributed by atoms with Crippen LogP contribution in [0.4, 0.5) is 9.59 Å². The predicted molar refractivity (Wildman–Crippen MR) is 113 cm³/mol. The Hall–Kier alpha value is -2.03. The van der Waals surface area contributed by atoms with Crippen LogP contribution in [0, 0.1) is 0 Å². The van der Waals surface area contributed by atoms with Gasteiger partial charge in [-0.05, 0) is 81.2 Å². The van der Waals surface area contributed by atoms with Crippen molar-refractivity contribution in [2.75, 3.05) is 13.2 Å². The van der Waals surface area contributed by atoms with E-state index in [0.29, 0.717) is 31.1 Å². The highest BCUT2D eigenvalue weighted by molar-refractivity contribution is 5.86. The van der Waals surface area contributed by atoms with Crippen molar-refractivity contribution in [3.8, 4) is 0 Å². The third-order valence-corrected chi connectivity index (χ3v) is 3.53. The molecule has 0 radical (unpaired) electrons. The summed E-state index contributed by atoms with van der Waals surface area (Å²) < 4.78 is 16.4. The molecule has 0 saturated heterocycles. The summed E-state index contributed by atoms with van der Waals surface area (Å²) in [5, 5.41) is 4.03. The third-order valence-electron chi connectivity index (χ3n) is 3.53. The number of rotatable bonds is 9. The molecule has 0 aromatic carbocycles. The number of carbonyl (C=O) groups excluding carboxylic acids is 2. The number of hydrogen-bond acceptors (Lipinski definition) is 7. The molecule has 10 heteroatoms. The molecule has 0 aliphatic rings. The number of carbonyl (C=O) groups is 2. The zero-order chi connectivity index (χ0) is 23.8. The molecule has 0 fully saturated rings. The summed E-state index contributed by atoms with van der Waals surface area (Å²) in [4.78, 5) is 33.5. The zero-order valence-corrected chi connectivity index (χ0v) is 20.1. The van der Waals surface area contributed by atoms with E-state index in [9.17, 15) is 9.59 Å². The topological polar surface area (TPSA) is 123 Å². The number of ether oxygens (including phenoxy) is 3. The van der Waals surface area contributed by atoms with E-state index in [2.05, 4.69) is 10.0 Å². The molecule has 0 bridgehead atoms. The van der Waals surface area contributed by atoms with Gasteiger partial charge in [-0.15, -0.1) is 0 Å². The fourth-order valence-electron chi connectivity index (χ4n) is 2.06. The van der Waals surface area contributed by atoms with E-state index in [4.69, 9.17) is 24.6 Å². The lowest BCUT2D eigenvalue weighted by atomic mass is 10.0. The maximum Gasteiger partial charge on any atom is 0.444 e. The molecule has 0 unspecified atom stereocenters. The number of imide groups is 1. The van der Waals surface area contributed by atoms with Crippen molar-refractivity contribution in [2.24, 2.45) is 5.11 Å². The van der Waals surface area contributed by atoms with Crippen LogP contribution < -0.4 is 0 Å². The number of hydroxylamine groups is 2. The first-order valence-electron chi connectivity index (χ1n) is 9.97. The van der Waals surface area contributed by atoms with E-state index in [1.807, 2.05) is 13.8 Å². The normalized spacial score (nSPS) is 12.7. The van der Waals surface area contributed by atoms with Crippen LogP contribution in [0.1, 0.15) is 82.1 Å². The first-order valence-corrected chi connectivity index (χ1v) is 9.97. The number of nitrogens with zero attached hydrogens (tertiary/aromatic N) is 4. The molecular formula is C20H38N4O6. The quantitative estimate of drug-likeness (QED) is 0.198. The maximum absolute atomic E-state index is 12.6. The molecule has 0 aliphatic heterocycles. The van der Waals surface area contributed by atoms with Crippen LogP contribution in [0.3, 0.4) is 0 Å². The SMILES string of the molecule is CC(C)(C)OC(=O)N(OC(C)(C)CCOC(C)(C)CCN=[N+]=[N-])C(=O)OC(C)(C)C. The van der Waals surface area contributed by atoms with Gasteiger partial charge in [0.25, 0.3) is 0 Å². The Labute approximate surface area is 179 Å². The average molecular weight is 431 g/mol. The Kier molecular flexibility index (Phi) is 10.1. The summed E-state index contributed by atoms with van der Waals surface area (Å²) in [6.45, 7) is 18.0. The van der Waals surface area contributed by atoms with Crippen molar-refractivity contribution >= 4 is 12.2 Å². The number of amides is 2. The molecule has 2 amide bonds. The van der Waals surface area contributed by atoms with Gasteiger partial charge in [-0.25, -0.2) is 9.59 Å². The van der Waals surface area contributed by atoms with Crippen LogP contribution in [0.15, 0.2) is 5.11 Å². The lowest BCUT2D eigenvalue weighted by Gasteiger charge is -2.34. The van der Waals surface area contributed by atoms with E-state index in [-0.39, 0.29) is 0 Å². The molecule has 174 valence electrons. The minimum absolute atomic E-state index is 0.298. The van der Waals surface area contributed by atoms with Gasteiger partial charge in [-0.1, -0.05) is 10.2 Å². The van der Waals surface area contributed by atoms with Gasteiger partial charge in [-0.3, -0.25) is 4.84 Å². The smallest absolute Gasteiger partial charge is 0.442 e. The monoisotopic (exact) mass is 430 g/mol. The van der Waals surface area contributed by atoms with E-state index in [1.165, 1.54) is 0 Å². The second-order valence-corrected chi connectivity index (χ2v) is 10.2. The second kappa shape index (κ2) is 10.8. The van der Waals surface area contributed by atoms with E-state index in [0.717, 1.165) is 0 Å². The summed E-state index contributed by atoms with van der Waals surface area (Å²) in [6, 6.07) is 0. The van der Waals surface area contributed by atoms with Gasteiger partial charge in [0.05, 0.1) is 17.8 Å². The molecule has 0 aromatic heterocycles. The second-order valence-electron chi connectivity index (χ2n) is 10.2. The molecule has 0 aliphatic carbocycles. The molecule has 0 saturated carbocycles. The summed E-state index contributed by atoms with van der Waals surface area (Å²) in [5.41, 5.74) is 5.31. The lowest BCUT2D eigenvalue weighted by molar-refractivity contribution is -0.210. The van der Waals surface area contributed by atoms with Gasteiger partial charge in [0.2, 0.25) is 0 Å². The van der Waals surface area contributed by atoms with Crippen molar-refractivity contribution in [1.29, 1.82) is 0 Å². The van der Waals surface area contributed by atoms with Crippen molar-refractivity contribution in [3.05, 3.63) is 10.4 Å². The predicted octanol–water partition coefficient (Wildman–Crippen LogP) is 5.75. The molecule has 0 heterocycles. The minimum atomic E-state index is -0.958. The van der Waals surface area contributed by atoms with Crippen molar-refractivity contribution in [1.82, 2.24) is 5.06 Å². The Bertz CT molecular complexity index is 600. The van der Waals surface area contributed by atoms with Gasteiger partial charge < -0.3 is 14.2 Å². The Morgan fingerprint density at radius 1 is 0.833 bits per heavy atom. The minimum Gasteiger partial charge on any atom is -0.442 e. The summed E-state index contributed by atoms with van der Waals surface area (Å²) >= 11 is 0. The van der Waals surface area contributed by atoms with Gasteiger partial charge in [0.15, 0.2) is 0 Å². The fourth-order valence-corrected chi connectivity index (χ4v) is 2.06. The molecule has 30 heavy (non-hydrogen) atoms. The van der Waals surface area contributed by atoms with Gasteiger partial charge in [-0.2, -0.15) is 0 Å². The van der Waals surface area contributed by atoms with Gasteiger partial charge >= 0.3 is 12.2 Å².